The van der Waals surface area contributed by atoms with Crippen molar-refractivity contribution < 1.29 is 19.4 Å². The summed E-state index contributed by atoms with van der Waals surface area (Å²) in [7, 11) is 0. The van der Waals surface area contributed by atoms with E-state index in [0.29, 0.717) is 56.5 Å². The molecule has 36 heavy (non-hydrogen) atoms. The first kappa shape index (κ1) is 26.0. The number of fused-ring (bicyclic) bond motifs is 1. The molecule has 2 saturated heterocycles. The van der Waals surface area contributed by atoms with Crippen molar-refractivity contribution in [2.75, 3.05) is 37.7 Å². The van der Waals surface area contributed by atoms with Crippen molar-refractivity contribution in [2.45, 2.75) is 75.7 Å². The number of likely N-dealkylation sites (tertiary alicyclic amines) is 1. The van der Waals surface area contributed by atoms with Gasteiger partial charge in [-0.15, -0.1) is 0 Å². The quantitative estimate of drug-likeness (QED) is 0.312. The van der Waals surface area contributed by atoms with Crippen LogP contribution in [0.15, 0.2) is 6.33 Å². The lowest BCUT2D eigenvalue weighted by molar-refractivity contribution is -0.201. The SMILES string of the molecule is CC(=O)NCCCC[C@H](N)C(=O)N1CCC2(CC1)C[C@H](n1cnc3c(N)nc(N)nc31)[C@@](C)(O)CO2. The molecule has 2 aromatic heterocycles. The smallest absolute Gasteiger partial charge is 0.239 e. The zero-order valence-corrected chi connectivity index (χ0v) is 20.9. The van der Waals surface area contributed by atoms with Gasteiger partial charge in [0.05, 0.1) is 30.6 Å². The van der Waals surface area contributed by atoms with Crippen molar-refractivity contribution in [3.8, 4) is 0 Å². The second-order valence-corrected chi connectivity index (χ2v) is 10.3. The van der Waals surface area contributed by atoms with Gasteiger partial charge in [0, 0.05) is 33.0 Å². The highest BCUT2D eigenvalue weighted by Crippen LogP contribution is 2.44. The van der Waals surface area contributed by atoms with Crippen LogP contribution in [0.5, 0.6) is 0 Å². The van der Waals surface area contributed by atoms with Crippen molar-refractivity contribution in [2.24, 2.45) is 5.73 Å². The largest absolute Gasteiger partial charge is 0.386 e. The molecule has 198 valence electrons. The lowest BCUT2D eigenvalue weighted by atomic mass is 9.77. The van der Waals surface area contributed by atoms with Crippen LogP contribution in [-0.4, -0.2) is 84.8 Å². The minimum Gasteiger partial charge on any atom is -0.386 e. The Hall–Kier alpha value is -3.03. The zero-order valence-electron chi connectivity index (χ0n) is 20.9. The molecule has 0 bridgehead atoms. The molecule has 13 nitrogen and oxygen atoms in total. The van der Waals surface area contributed by atoms with Gasteiger partial charge in [-0.05, 0) is 39.0 Å². The monoisotopic (exact) mass is 503 g/mol. The normalized spacial score (nSPS) is 24.7. The van der Waals surface area contributed by atoms with E-state index in [1.54, 1.807) is 18.2 Å². The van der Waals surface area contributed by atoms with Gasteiger partial charge in [-0.3, -0.25) is 9.59 Å². The molecule has 2 amide bonds. The average Bonchev–Trinajstić information content (AvgIpc) is 3.24. The number of nitrogens with one attached hydrogen (secondary N) is 1. The van der Waals surface area contributed by atoms with Gasteiger partial charge in [-0.1, -0.05) is 0 Å². The second-order valence-electron chi connectivity index (χ2n) is 10.3. The molecule has 0 saturated carbocycles. The van der Waals surface area contributed by atoms with Gasteiger partial charge in [0.1, 0.15) is 11.1 Å². The zero-order chi connectivity index (χ0) is 26.1. The molecular formula is C23H37N9O4. The van der Waals surface area contributed by atoms with Crippen LogP contribution in [-0.2, 0) is 14.3 Å². The predicted octanol–water partition coefficient (Wildman–Crippen LogP) is -0.302. The highest BCUT2D eigenvalue weighted by molar-refractivity contribution is 5.83. The Labute approximate surface area is 209 Å². The van der Waals surface area contributed by atoms with Crippen LogP contribution in [0.2, 0.25) is 0 Å². The Morgan fingerprint density at radius 3 is 2.69 bits per heavy atom. The summed E-state index contributed by atoms with van der Waals surface area (Å²) < 4.78 is 8.05. The second kappa shape index (κ2) is 10.1. The Bertz CT molecular complexity index is 1110. The number of hydrogen-bond donors (Lipinski definition) is 5. The summed E-state index contributed by atoms with van der Waals surface area (Å²) in [6.07, 6.45) is 5.51. The van der Waals surface area contributed by atoms with Gasteiger partial charge in [-0.25, -0.2) is 4.98 Å². The van der Waals surface area contributed by atoms with Crippen molar-refractivity contribution in [3.63, 3.8) is 0 Å². The molecule has 0 unspecified atom stereocenters. The molecule has 2 aliphatic rings. The standard InChI is InChI=1S/C23H37N9O4/c1-14(33)27-8-4-3-5-15(24)20(34)31-9-6-23(7-10-31)11-16(22(2,35)12-36-23)32-13-28-17-18(25)29-21(26)30-19(17)32/h13,15-16,35H,3-12,24H2,1-2H3,(H,27,33)(H4,25,26,29,30)/t15-,16-,22-/m0/s1. The van der Waals surface area contributed by atoms with Crippen LogP contribution >= 0.6 is 0 Å². The van der Waals surface area contributed by atoms with Crippen LogP contribution < -0.4 is 22.5 Å². The van der Waals surface area contributed by atoms with Gasteiger partial charge < -0.3 is 41.8 Å². The number of nitrogens with two attached hydrogens (primary N) is 3. The third kappa shape index (κ3) is 5.37. The van der Waals surface area contributed by atoms with Crippen molar-refractivity contribution in [3.05, 3.63) is 6.33 Å². The Morgan fingerprint density at radius 1 is 1.28 bits per heavy atom. The maximum absolute atomic E-state index is 12.9. The minimum atomic E-state index is -1.17. The van der Waals surface area contributed by atoms with Crippen molar-refractivity contribution in [1.29, 1.82) is 0 Å². The summed E-state index contributed by atoms with van der Waals surface area (Å²) in [5, 5.41) is 13.9. The summed E-state index contributed by atoms with van der Waals surface area (Å²) in [6, 6.07) is -0.942. The van der Waals surface area contributed by atoms with Gasteiger partial charge >= 0.3 is 0 Å². The first-order chi connectivity index (χ1) is 17.0. The van der Waals surface area contributed by atoms with E-state index in [0.717, 1.165) is 12.8 Å². The molecule has 13 heteroatoms. The highest BCUT2D eigenvalue weighted by atomic mass is 16.5. The van der Waals surface area contributed by atoms with E-state index in [-0.39, 0.29) is 36.2 Å². The number of carbonyl (C=O) groups excluding carboxylic acids is 2. The summed E-state index contributed by atoms with van der Waals surface area (Å²) in [4.78, 5) is 38.3. The molecule has 4 rings (SSSR count). The van der Waals surface area contributed by atoms with E-state index in [1.807, 2.05) is 4.57 Å². The van der Waals surface area contributed by atoms with Crippen LogP contribution in [0.4, 0.5) is 11.8 Å². The molecule has 8 N–H and O–H groups in total. The van der Waals surface area contributed by atoms with Crippen LogP contribution in [0.1, 0.15) is 58.4 Å². The molecule has 2 aromatic rings. The summed E-state index contributed by atoms with van der Waals surface area (Å²) in [5.41, 5.74) is 17.2. The summed E-state index contributed by atoms with van der Waals surface area (Å²) in [5.74, 6) is 0.110. The topological polar surface area (TPSA) is 201 Å². The molecule has 0 aliphatic carbocycles. The number of ether oxygens (including phenoxy) is 1. The third-order valence-electron chi connectivity index (χ3n) is 7.37. The van der Waals surface area contributed by atoms with E-state index in [1.165, 1.54) is 6.92 Å². The lowest BCUT2D eigenvalue weighted by Gasteiger charge is -2.51. The number of anilines is 2. The van der Waals surface area contributed by atoms with E-state index in [2.05, 4.69) is 20.3 Å². The number of carbonyl (C=O) groups is 2. The maximum Gasteiger partial charge on any atom is 0.239 e. The molecule has 2 fully saturated rings. The number of unbranched alkanes of at least 4 members (excludes halogenated alkanes) is 1. The van der Waals surface area contributed by atoms with Gasteiger partial charge in [-0.2, -0.15) is 9.97 Å². The molecule has 2 aliphatic heterocycles. The fourth-order valence-corrected chi connectivity index (χ4v) is 5.20. The average molecular weight is 504 g/mol. The molecule has 3 atom stereocenters. The summed E-state index contributed by atoms with van der Waals surface area (Å²) in [6.45, 7) is 4.99. The Balaban J connectivity index is 1.39. The molecular weight excluding hydrogens is 466 g/mol. The lowest BCUT2D eigenvalue weighted by Crippen LogP contribution is -2.58. The molecule has 0 radical (unpaired) electrons. The first-order valence-electron chi connectivity index (χ1n) is 12.4. The molecule has 4 heterocycles. The Morgan fingerprint density at radius 2 is 2.00 bits per heavy atom. The third-order valence-corrected chi connectivity index (χ3v) is 7.37. The van der Waals surface area contributed by atoms with Gasteiger partial charge in [0.2, 0.25) is 17.8 Å². The number of piperidine rings is 1. The number of rotatable bonds is 7. The Kier molecular flexibility index (Phi) is 7.34. The summed E-state index contributed by atoms with van der Waals surface area (Å²) >= 11 is 0. The van der Waals surface area contributed by atoms with E-state index < -0.39 is 17.2 Å². The number of aliphatic hydroxyl groups is 1. The van der Waals surface area contributed by atoms with E-state index >= 15 is 0 Å². The fraction of sp³-hybridized carbons (Fsp3) is 0.696. The minimum absolute atomic E-state index is 0.0430. The number of aromatic nitrogens is 4. The van der Waals surface area contributed by atoms with Crippen LogP contribution in [0.3, 0.4) is 0 Å². The highest BCUT2D eigenvalue weighted by Gasteiger charge is 2.50. The van der Waals surface area contributed by atoms with E-state index in [9.17, 15) is 14.7 Å². The predicted molar refractivity (Wildman–Crippen MR) is 133 cm³/mol. The van der Waals surface area contributed by atoms with Crippen molar-refractivity contribution >= 4 is 34.7 Å². The first-order valence-corrected chi connectivity index (χ1v) is 12.4. The van der Waals surface area contributed by atoms with Crippen molar-refractivity contribution in [1.82, 2.24) is 29.7 Å². The van der Waals surface area contributed by atoms with Crippen LogP contribution in [0.25, 0.3) is 11.2 Å². The number of hydrogen-bond acceptors (Lipinski definition) is 10. The van der Waals surface area contributed by atoms with Gasteiger partial charge in [0.25, 0.3) is 0 Å². The van der Waals surface area contributed by atoms with Crippen LogP contribution in [0, 0.1) is 0 Å². The molecule has 0 aromatic carbocycles. The number of amides is 2. The number of nitrogens with zero attached hydrogens (tertiary/aromatic N) is 5. The number of nitrogen functional groups attached to an aromatic ring is 2. The fourth-order valence-electron chi connectivity index (χ4n) is 5.20. The maximum atomic E-state index is 12.9. The van der Waals surface area contributed by atoms with Gasteiger partial charge in [0.15, 0.2) is 11.5 Å². The van der Waals surface area contributed by atoms with E-state index in [4.69, 9.17) is 21.9 Å². The number of imidazole rings is 1. The molecule has 1 spiro atoms.